The molecule has 0 aliphatic carbocycles. The molecular weight excluding hydrogens is 502 g/mol. The number of halogens is 1. The summed E-state index contributed by atoms with van der Waals surface area (Å²) in [6, 6.07) is 0. The van der Waals surface area contributed by atoms with Crippen molar-refractivity contribution in [2.45, 2.75) is 116 Å². The Labute approximate surface area is 209 Å². The summed E-state index contributed by atoms with van der Waals surface area (Å²) in [6.45, 7) is 21.5. The fraction of sp³-hybridized carbons (Fsp3) is 1.00. The van der Waals surface area contributed by atoms with Gasteiger partial charge in [0.25, 0.3) is 5.08 Å². The van der Waals surface area contributed by atoms with E-state index in [0.29, 0.717) is 19.3 Å². The summed E-state index contributed by atoms with van der Waals surface area (Å²) in [7, 11) is -11.0. The molecule has 200 valence electrons. The van der Waals surface area contributed by atoms with Crippen LogP contribution in [0.3, 0.4) is 0 Å². The molecular formula is C22H49ClO7P2Si. The minimum absolute atomic E-state index is 0.0548. The molecule has 0 aliphatic heterocycles. The zero-order valence-electron chi connectivity index (χ0n) is 22.8. The van der Waals surface area contributed by atoms with Crippen molar-refractivity contribution >= 4 is 35.1 Å². The highest BCUT2D eigenvalue weighted by Crippen LogP contribution is 2.81. The van der Waals surface area contributed by atoms with Crippen molar-refractivity contribution in [2.24, 2.45) is 0 Å². The molecule has 0 aromatic carbocycles. The van der Waals surface area contributed by atoms with Gasteiger partial charge in [-0.15, -0.1) is 11.6 Å². The average Bonchev–Trinajstić information content (AvgIpc) is 2.70. The van der Waals surface area contributed by atoms with Gasteiger partial charge in [0.15, 0.2) is 8.32 Å². The first kappa shape index (κ1) is 33.8. The second kappa shape index (κ2) is 13.4. The SMILES string of the molecule is CCOP(=O)(OCC)C(CCC(Cl)(CC)CC)(O[Si](C)(C)C(C)(C)C)P(=O)(OCC)OCC. The molecule has 33 heavy (non-hydrogen) atoms. The van der Waals surface area contributed by atoms with Gasteiger partial charge in [0, 0.05) is 11.3 Å². The minimum atomic E-state index is -4.17. The molecule has 0 heterocycles. The number of hydrogen-bond acceptors (Lipinski definition) is 7. The lowest BCUT2D eigenvalue weighted by Crippen LogP contribution is -2.51. The smallest absolute Gasteiger partial charge is 0.373 e. The molecule has 7 nitrogen and oxygen atoms in total. The van der Waals surface area contributed by atoms with Gasteiger partial charge in [-0.3, -0.25) is 9.13 Å². The largest absolute Gasteiger partial charge is 0.392 e. The quantitative estimate of drug-likeness (QED) is 0.102. The highest BCUT2D eigenvalue weighted by molar-refractivity contribution is 7.74. The Morgan fingerprint density at radius 2 is 1.03 bits per heavy atom. The van der Waals surface area contributed by atoms with Crippen LogP contribution in [0.25, 0.3) is 0 Å². The van der Waals surface area contributed by atoms with Crippen LogP contribution in [0.5, 0.6) is 0 Å². The van der Waals surface area contributed by atoms with Gasteiger partial charge in [-0.2, -0.15) is 0 Å². The van der Waals surface area contributed by atoms with Crippen molar-refractivity contribution in [3.8, 4) is 0 Å². The van der Waals surface area contributed by atoms with E-state index < -0.39 is 33.5 Å². The van der Waals surface area contributed by atoms with E-state index in [-0.39, 0.29) is 37.9 Å². The molecule has 0 aromatic rings. The summed E-state index contributed by atoms with van der Waals surface area (Å²) in [5, 5.41) is -2.22. The lowest BCUT2D eigenvalue weighted by molar-refractivity contribution is 0.0802. The third kappa shape index (κ3) is 7.87. The Morgan fingerprint density at radius 1 is 0.697 bits per heavy atom. The van der Waals surface area contributed by atoms with Gasteiger partial charge in [0.05, 0.1) is 26.4 Å². The fourth-order valence-electron chi connectivity index (χ4n) is 3.30. The molecule has 0 rings (SSSR count). The molecule has 0 bridgehead atoms. The first-order chi connectivity index (χ1) is 15.0. The van der Waals surface area contributed by atoms with E-state index in [9.17, 15) is 9.13 Å². The predicted molar refractivity (Wildman–Crippen MR) is 141 cm³/mol. The Balaban J connectivity index is 7.33. The standard InChI is InChI=1S/C22H49ClO7P2Si/c1-12-21(23,13-2)18-19-22(30-33(10,11)20(7,8)9,31(24,26-14-3)27-15-4)32(25,28-16-5)29-17-6/h12-19H2,1-11H3. The van der Waals surface area contributed by atoms with Crippen molar-refractivity contribution < 1.29 is 31.7 Å². The molecule has 0 saturated heterocycles. The molecule has 0 radical (unpaired) electrons. The Kier molecular flexibility index (Phi) is 13.7. The second-order valence-corrected chi connectivity index (χ2v) is 20.0. The summed E-state index contributed by atoms with van der Waals surface area (Å²) in [4.78, 5) is -0.589. The topological polar surface area (TPSA) is 80.3 Å². The first-order valence-electron chi connectivity index (χ1n) is 12.2. The van der Waals surface area contributed by atoms with E-state index in [1.165, 1.54) is 0 Å². The lowest BCUT2D eigenvalue weighted by Gasteiger charge is -2.49. The van der Waals surface area contributed by atoms with E-state index in [1.807, 2.05) is 26.9 Å². The molecule has 0 aromatic heterocycles. The Bertz CT molecular complexity index is 628. The van der Waals surface area contributed by atoms with Gasteiger partial charge in [-0.05, 0) is 65.1 Å². The van der Waals surface area contributed by atoms with E-state index in [0.717, 1.165) is 0 Å². The molecule has 0 spiro atoms. The third-order valence-corrected chi connectivity index (χ3v) is 18.2. The number of hydrogen-bond donors (Lipinski definition) is 0. The van der Waals surface area contributed by atoms with Crippen LogP contribution in [-0.4, -0.2) is 44.7 Å². The third-order valence-electron chi connectivity index (χ3n) is 6.44. The normalized spacial score (nSPS) is 14.7. The monoisotopic (exact) mass is 550 g/mol. The predicted octanol–water partition coefficient (Wildman–Crippen LogP) is 8.77. The Hall–Kier alpha value is 0.767. The molecule has 0 fully saturated rings. The van der Waals surface area contributed by atoms with Gasteiger partial charge < -0.3 is 22.5 Å². The van der Waals surface area contributed by atoms with Gasteiger partial charge in [0.1, 0.15) is 0 Å². The van der Waals surface area contributed by atoms with Crippen LogP contribution in [0.1, 0.15) is 88.0 Å². The van der Waals surface area contributed by atoms with E-state index in [1.54, 1.807) is 27.7 Å². The summed E-state index contributed by atoms with van der Waals surface area (Å²) < 4.78 is 59.4. The van der Waals surface area contributed by atoms with E-state index >= 15 is 0 Å². The second-order valence-electron chi connectivity index (χ2n) is 9.63. The van der Waals surface area contributed by atoms with Crippen molar-refractivity contribution in [1.82, 2.24) is 0 Å². The van der Waals surface area contributed by atoms with Crippen LogP contribution in [0, 0.1) is 0 Å². The molecule has 0 N–H and O–H groups in total. The average molecular weight is 551 g/mol. The highest BCUT2D eigenvalue weighted by atomic mass is 35.5. The van der Waals surface area contributed by atoms with Crippen molar-refractivity contribution in [3.05, 3.63) is 0 Å². The molecule has 11 heteroatoms. The maximum atomic E-state index is 14.6. The van der Waals surface area contributed by atoms with Gasteiger partial charge in [0.2, 0.25) is 0 Å². The summed E-state index contributed by atoms with van der Waals surface area (Å²) in [5.74, 6) is 0. The van der Waals surface area contributed by atoms with Crippen LogP contribution in [0.4, 0.5) is 0 Å². The summed E-state index contributed by atoms with van der Waals surface area (Å²) in [6.07, 6.45) is 1.80. The van der Waals surface area contributed by atoms with Crippen LogP contribution in [-0.2, 0) is 31.7 Å². The van der Waals surface area contributed by atoms with Gasteiger partial charge in [-0.25, -0.2) is 0 Å². The van der Waals surface area contributed by atoms with Crippen LogP contribution >= 0.6 is 26.8 Å². The molecule has 0 amide bonds. The summed E-state index contributed by atoms with van der Waals surface area (Å²) in [5.41, 5.74) is 0. The first-order valence-corrected chi connectivity index (χ1v) is 18.6. The summed E-state index contributed by atoms with van der Waals surface area (Å²) >= 11 is 6.90. The van der Waals surface area contributed by atoms with E-state index in [4.69, 9.17) is 34.1 Å². The zero-order chi connectivity index (χ0) is 26.2. The fourth-order valence-corrected chi connectivity index (χ4v) is 11.9. The van der Waals surface area contributed by atoms with Gasteiger partial charge >= 0.3 is 15.2 Å². The van der Waals surface area contributed by atoms with Crippen LogP contribution < -0.4 is 0 Å². The zero-order valence-corrected chi connectivity index (χ0v) is 26.3. The van der Waals surface area contributed by atoms with Crippen molar-refractivity contribution in [3.63, 3.8) is 0 Å². The van der Waals surface area contributed by atoms with Crippen molar-refractivity contribution in [1.29, 1.82) is 0 Å². The molecule has 0 aliphatic rings. The molecule has 0 atom stereocenters. The van der Waals surface area contributed by atoms with E-state index in [2.05, 4.69) is 20.8 Å². The lowest BCUT2D eigenvalue weighted by atomic mass is 9.96. The maximum absolute atomic E-state index is 14.6. The van der Waals surface area contributed by atoms with Gasteiger partial charge in [-0.1, -0.05) is 34.6 Å². The highest BCUT2D eigenvalue weighted by Gasteiger charge is 2.69. The van der Waals surface area contributed by atoms with Crippen LogP contribution in [0.15, 0.2) is 0 Å². The minimum Gasteiger partial charge on any atom is -0.392 e. The van der Waals surface area contributed by atoms with Crippen molar-refractivity contribution in [2.75, 3.05) is 26.4 Å². The molecule has 0 unspecified atom stereocenters. The number of rotatable bonds is 17. The maximum Gasteiger partial charge on any atom is 0.373 e. The Morgan fingerprint density at radius 3 is 1.27 bits per heavy atom. The van der Waals surface area contributed by atoms with Crippen LogP contribution in [0.2, 0.25) is 18.1 Å². The number of alkyl halides is 1. The molecule has 0 saturated carbocycles.